The number of hydrogen-bond donors (Lipinski definition) is 0. The van der Waals surface area contributed by atoms with Gasteiger partial charge in [0.15, 0.2) is 0 Å². The summed E-state index contributed by atoms with van der Waals surface area (Å²) in [6, 6.07) is 2.14. The molecule has 1 atom stereocenters. The summed E-state index contributed by atoms with van der Waals surface area (Å²) in [7, 11) is 1.36. The summed E-state index contributed by atoms with van der Waals surface area (Å²) in [5.74, 6) is -0.275. The van der Waals surface area contributed by atoms with Crippen molar-refractivity contribution in [1.82, 2.24) is 0 Å². The Morgan fingerprint density at radius 1 is 2.00 bits per heavy atom. The van der Waals surface area contributed by atoms with Crippen molar-refractivity contribution in [3.63, 3.8) is 0 Å². The second-order valence-corrected chi connectivity index (χ2v) is 4.64. The Labute approximate surface area is 71.2 Å². The van der Waals surface area contributed by atoms with Crippen LogP contribution in [-0.4, -0.2) is 28.0 Å². The molecule has 1 aliphatic heterocycles. The molecule has 1 unspecified atom stereocenters. The molecule has 0 bridgehead atoms. The van der Waals surface area contributed by atoms with Gasteiger partial charge < -0.3 is 0 Å². The van der Waals surface area contributed by atoms with Gasteiger partial charge in [-0.25, -0.2) is 0 Å². The number of allylic oxidation sites excluding steroid dienone is 1. The van der Waals surface area contributed by atoms with Gasteiger partial charge in [-0.05, 0) is 0 Å². The first-order valence-electron chi connectivity index (χ1n) is 3.12. The maximum atomic E-state index is 10.9. The van der Waals surface area contributed by atoms with Crippen molar-refractivity contribution in [3.05, 3.63) is 10.5 Å². The van der Waals surface area contributed by atoms with Crippen LogP contribution in [0.25, 0.3) is 0 Å². The molecular weight excluding hydrogens is 209 g/mol. The molecule has 0 aromatic heterocycles. The molecule has 1 aliphatic rings. The summed E-state index contributed by atoms with van der Waals surface area (Å²) in [6.07, 6.45) is 2.51. The molecule has 1 heterocycles. The standard InChI is InChI=1S/C7H7NO2Se/c1-10-7(9)6-3-2-5(4-8)11-6/h3,5H,2H2,1H3. The Balaban J connectivity index is 2.54. The maximum absolute atomic E-state index is 10.9. The van der Waals surface area contributed by atoms with E-state index < -0.39 is 0 Å². The third-order valence-electron chi connectivity index (χ3n) is 1.32. The van der Waals surface area contributed by atoms with Crippen molar-refractivity contribution in [2.24, 2.45) is 0 Å². The summed E-state index contributed by atoms with van der Waals surface area (Å²) in [4.78, 5) is 10.9. The van der Waals surface area contributed by atoms with Crippen molar-refractivity contribution in [2.45, 2.75) is 11.2 Å². The molecule has 4 heteroatoms. The summed E-state index contributed by atoms with van der Waals surface area (Å²) in [5, 5.41) is 8.52. The van der Waals surface area contributed by atoms with Crippen LogP contribution in [0.2, 0.25) is 4.82 Å². The van der Waals surface area contributed by atoms with Crippen LogP contribution in [-0.2, 0) is 9.53 Å². The van der Waals surface area contributed by atoms with E-state index in [4.69, 9.17) is 5.26 Å². The van der Waals surface area contributed by atoms with Crippen LogP contribution in [0.5, 0.6) is 0 Å². The molecule has 0 aliphatic carbocycles. The van der Waals surface area contributed by atoms with Gasteiger partial charge in [-0.15, -0.1) is 0 Å². The number of methoxy groups -OCH3 is 1. The average molecular weight is 216 g/mol. The quantitative estimate of drug-likeness (QED) is 0.472. The van der Waals surface area contributed by atoms with Crippen LogP contribution in [0.4, 0.5) is 0 Å². The van der Waals surface area contributed by atoms with E-state index in [-0.39, 0.29) is 25.7 Å². The number of nitriles is 1. The molecular formula is C7H7NO2Se. The first-order valence-corrected chi connectivity index (χ1v) is 4.97. The molecule has 0 spiro atoms. The minimum atomic E-state index is -0.275. The Hall–Kier alpha value is -0.781. The number of hydrogen-bond acceptors (Lipinski definition) is 3. The van der Waals surface area contributed by atoms with Crippen LogP contribution >= 0.6 is 0 Å². The van der Waals surface area contributed by atoms with Crippen LogP contribution in [0.1, 0.15) is 6.42 Å². The van der Waals surface area contributed by atoms with Gasteiger partial charge in [-0.1, -0.05) is 0 Å². The molecule has 1 rings (SSSR count). The summed E-state index contributed by atoms with van der Waals surface area (Å²) >= 11 is 0.00183. The van der Waals surface area contributed by atoms with Crippen molar-refractivity contribution in [1.29, 1.82) is 5.26 Å². The molecule has 0 amide bonds. The summed E-state index contributed by atoms with van der Waals surface area (Å²) < 4.78 is 5.23. The first-order chi connectivity index (χ1) is 5.27. The third kappa shape index (κ3) is 1.83. The molecule has 0 aromatic carbocycles. The van der Waals surface area contributed by atoms with E-state index in [1.807, 2.05) is 0 Å². The SMILES string of the molecule is COC(=O)C1=CCC(C#N)[Se]1. The minimum absolute atomic E-state index is 0.00183. The van der Waals surface area contributed by atoms with Gasteiger partial charge >= 0.3 is 70.7 Å². The number of ether oxygens (including phenoxy) is 1. The predicted octanol–water partition coefficient (Wildman–Crippen LogP) is 0.463. The molecule has 0 saturated carbocycles. The van der Waals surface area contributed by atoms with Gasteiger partial charge in [0.05, 0.1) is 0 Å². The second kappa shape index (κ2) is 3.56. The fraction of sp³-hybridized carbons (Fsp3) is 0.429. The molecule has 0 aromatic rings. The van der Waals surface area contributed by atoms with Crippen molar-refractivity contribution in [3.8, 4) is 6.07 Å². The average Bonchev–Trinajstić information content (AvgIpc) is 2.50. The predicted molar refractivity (Wildman–Crippen MR) is 39.8 cm³/mol. The van der Waals surface area contributed by atoms with E-state index in [1.165, 1.54) is 7.11 Å². The van der Waals surface area contributed by atoms with Gasteiger partial charge in [0.2, 0.25) is 0 Å². The third-order valence-corrected chi connectivity index (χ3v) is 3.77. The second-order valence-electron chi connectivity index (χ2n) is 2.03. The van der Waals surface area contributed by atoms with Gasteiger partial charge in [0.1, 0.15) is 0 Å². The fourth-order valence-electron chi connectivity index (χ4n) is 0.775. The van der Waals surface area contributed by atoms with Gasteiger partial charge in [0, 0.05) is 0 Å². The van der Waals surface area contributed by atoms with E-state index >= 15 is 0 Å². The number of rotatable bonds is 1. The molecule has 0 saturated heterocycles. The molecule has 3 nitrogen and oxygen atoms in total. The zero-order valence-corrected chi connectivity index (χ0v) is 7.75. The first kappa shape index (κ1) is 8.32. The van der Waals surface area contributed by atoms with E-state index in [0.717, 1.165) is 0 Å². The van der Waals surface area contributed by atoms with Crippen LogP contribution in [0, 0.1) is 11.3 Å². The van der Waals surface area contributed by atoms with E-state index in [0.29, 0.717) is 10.9 Å². The normalized spacial score (nSPS) is 22.2. The number of carbonyl (C=O) groups excluding carboxylic acids is 1. The molecule has 11 heavy (non-hydrogen) atoms. The van der Waals surface area contributed by atoms with Crippen LogP contribution in [0.15, 0.2) is 10.5 Å². The number of carbonyl (C=O) groups is 1. The van der Waals surface area contributed by atoms with Crippen molar-refractivity contribution in [2.75, 3.05) is 7.11 Å². The molecule has 58 valence electrons. The fourth-order valence-corrected chi connectivity index (χ4v) is 2.71. The Bertz CT molecular complexity index is 241. The van der Waals surface area contributed by atoms with E-state index in [2.05, 4.69) is 10.8 Å². The monoisotopic (exact) mass is 217 g/mol. The Morgan fingerprint density at radius 2 is 2.73 bits per heavy atom. The van der Waals surface area contributed by atoms with Gasteiger partial charge in [-0.3, -0.25) is 0 Å². The number of esters is 1. The summed E-state index contributed by atoms with van der Waals surface area (Å²) in [6.45, 7) is 0. The van der Waals surface area contributed by atoms with Crippen molar-refractivity contribution < 1.29 is 9.53 Å². The number of nitrogens with zero attached hydrogens (tertiary/aromatic N) is 1. The van der Waals surface area contributed by atoms with E-state index in [1.54, 1.807) is 6.08 Å². The van der Waals surface area contributed by atoms with Gasteiger partial charge in [-0.2, -0.15) is 0 Å². The zero-order chi connectivity index (χ0) is 8.27. The Morgan fingerprint density at radius 3 is 3.18 bits per heavy atom. The van der Waals surface area contributed by atoms with Gasteiger partial charge in [0.25, 0.3) is 0 Å². The van der Waals surface area contributed by atoms with Crippen LogP contribution < -0.4 is 0 Å². The molecule has 0 N–H and O–H groups in total. The van der Waals surface area contributed by atoms with E-state index in [9.17, 15) is 4.79 Å². The van der Waals surface area contributed by atoms with Crippen LogP contribution in [0.3, 0.4) is 0 Å². The zero-order valence-electron chi connectivity index (χ0n) is 6.03. The summed E-state index contributed by atoms with van der Waals surface area (Å²) in [5.41, 5.74) is 0. The molecule has 0 radical (unpaired) electrons. The topological polar surface area (TPSA) is 50.1 Å². The molecule has 0 fully saturated rings. The Kier molecular flexibility index (Phi) is 2.69. The van der Waals surface area contributed by atoms with Crippen molar-refractivity contribution >= 4 is 20.9 Å².